The van der Waals surface area contributed by atoms with Gasteiger partial charge in [0.05, 0.1) is 16.6 Å². The smallest absolute Gasteiger partial charge is 0.255 e. The molecule has 110 valence electrons. The molecule has 0 bridgehead atoms. The third-order valence-corrected chi connectivity index (χ3v) is 4.39. The first kappa shape index (κ1) is 15.0. The number of nitrogens with zero attached hydrogens (tertiary/aromatic N) is 1. The Labute approximate surface area is 118 Å². The normalized spacial score (nSPS) is 19.9. The summed E-state index contributed by atoms with van der Waals surface area (Å²) in [5.74, 6) is -0.323. The van der Waals surface area contributed by atoms with Crippen LogP contribution >= 0.6 is 0 Å². The average molecular weight is 298 g/mol. The van der Waals surface area contributed by atoms with E-state index in [4.69, 9.17) is 9.88 Å². The van der Waals surface area contributed by atoms with Gasteiger partial charge in [-0.2, -0.15) is 0 Å². The summed E-state index contributed by atoms with van der Waals surface area (Å²) in [5, 5.41) is 5.16. The van der Waals surface area contributed by atoms with Crippen molar-refractivity contribution in [3.8, 4) is 0 Å². The first-order valence-corrected chi connectivity index (χ1v) is 7.92. The van der Waals surface area contributed by atoms with Gasteiger partial charge in [0.1, 0.15) is 0 Å². The highest BCUT2D eigenvalue weighted by Gasteiger charge is 2.27. The highest BCUT2D eigenvalue weighted by molar-refractivity contribution is 7.89. The van der Waals surface area contributed by atoms with E-state index in [-0.39, 0.29) is 22.5 Å². The van der Waals surface area contributed by atoms with Crippen LogP contribution in [-0.4, -0.2) is 45.5 Å². The summed E-state index contributed by atoms with van der Waals surface area (Å²) in [6.45, 7) is 1.06. The van der Waals surface area contributed by atoms with Crippen molar-refractivity contribution in [3.63, 3.8) is 0 Å². The van der Waals surface area contributed by atoms with E-state index >= 15 is 0 Å². The molecule has 1 atom stereocenters. The highest BCUT2D eigenvalue weighted by atomic mass is 32.2. The number of primary sulfonamides is 1. The minimum absolute atomic E-state index is 0.00524. The van der Waals surface area contributed by atoms with Gasteiger partial charge < -0.3 is 9.64 Å². The zero-order valence-electron chi connectivity index (χ0n) is 11.3. The number of benzene rings is 1. The molecule has 0 saturated carbocycles. The van der Waals surface area contributed by atoms with E-state index in [0.29, 0.717) is 13.1 Å². The van der Waals surface area contributed by atoms with Gasteiger partial charge in [-0.05, 0) is 25.0 Å². The van der Waals surface area contributed by atoms with Crippen molar-refractivity contribution < 1.29 is 17.9 Å². The number of ether oxygens (including phenoxy) is 1. The molecule has 2 rings (SSSR count). The second kappa shape index (κ2) is 5.90. The largest absolute Gasteiger partial charge is 0.380 e. The lowest BCUT2D eigenvalue weighted by Crippen LogP contribution is -2.43. The van der Waals surface area contributed by atoms with E-state index in [1.165, 1.54) is 12.1 Å². The fourth-order valence-corrected chi connectivity index (χ4v) is 3.11. The maximum atomic E-state index is 12.5. The molecule has 1 heterocycles. The Morgan fingerprint density at radius 3 is 2.75 bits per heavy atom. The van der Waals surface area contributed by atoms with Gasteiger partial charge in [0.2, 0.25) is 10.0 Å². The molecular weight excluding hydrogens is 280 g/mol. The summed E-state index contributed by atoms with van der Waals surface area (Å²) in [7, 11) is -2.31. The number of amides is 1. The highest BCUT2D eigenvalue weighted by Crippen LogP contribution is 2.19. The van der Waals surface area contributed by atoms with Gasteiger partial charge in [0, 0.05) is 20.2 Å². The molecular formula is C13H18N2O4S. The minimum atomic E-state index is -3.91. The van der Waals surface area contributed by atoms with Gasteiger partial charge >= 0.3 is 0 Å². The van der Waals surface area contributed by atoms with Gasteiger partial charge in [-0.25, -0.2) is 13.6 Å². The second-order valence-corrected chi connectivity index (χ2v) is 6.32. The monoisotopic (exact) mass is 298 g/mol. The maximum absolute atomic E-state index is 12.5. The van der Waals surface area contributed by atoms with Gasteiger partial charge in [-0.1, -0.05) is 12.1 Å². The van der Waals surface area contributed by atoms with E-state index < -0.39 is 10.0 Å². The number of sulfonamides is 1. The summed E-state index contributed by atoms with van der Waals surface area (Å²) < 4.78 is 28.4. The molecule has 7 heteroatoms. The molecule has 0 aromatic heterocycles. The molecule has 0 radical (unpaired) electrons. The molecule has 2 N–H and O–H groups in total. The van der Waals surface area contributed by atoms with Crippen molar-refractivity contribution in [1.29, 1.82) is 0 Å². The Hall–Kier alpha value is -1.44. The van der Waals surface area contributed by atoms with Crippen LogP contribution in [0.2, 0.25) is 0 Å². The third kappa shape index (κ3) is 3.17. The van der Waals surface area contributed by atoms with Gasteiger partial charge in [-0.15, -0.1) is 0 Å². The van der Waals surface area contributed by atoms with Crippen molar-refractivity contribution in [1.82, 2.24) is 4.90 Å². The molecule has 1 aromatic carbocycles. The number of rotatable bonds is 3. The number of carbonyl (C=O) groups excluding carboxylic acids is 1. The van der Waals surface area contributed by atoms with Crippen molar-refractivity contribution in [2.24, 2.45) is 5.14 Å². The lowest BCUT2D eigenvalue weighted by atomic mass is 10.1. The number of nitrogens with two attached hydrogens (primary N) is 1. The summed E-state index contributed by atoms with van der Waals surface area (Å²) in [6.07, 6.45) is 1.73. The van der Waals surface area contributed by atoms with Gasteiger partial charge in [0.25, 0.3) is 5.91 Å². The van der Waals surface area contributed by atoms with Crippen molar-refractivity contribution >= 4 is 15.9 Å². The van der Waals surface area contributed by atoms with E-state index in [1.54, 1.807) is 24.1 Å². The predicted octanol–water partition coefficient (Wildman–Crippen LogP) is 0.585. The summed E-state index contributed by atoms with van der Waals surface area (Å²) >= 11 is 0. The second-order valence-electron chi connectivity index (χ2n) is 4.79. The van der Waals surface area contributed by atoms with E-state index in [1.807, 2.05) is 0 Å². The Morgan fingerprint density at radius 2 is 2.10 bits per heavy atom. The zero-order chi connectivity index (χ0) is 14.8. The number of piperidine rings is 1. The standard InChI is InChI=1S/C13H18N2O4S/c1-19-10-5-4-8-15(9-10)13(16)11-6-2-3-7-12(11)20(14,17)18/h2-3,6-7,10H,4-5,8-9H2,1H3,(H2,14,17,18). The van der Waals surface area contributed by atoms with Crippen molar-refractivity contribution in [3.05, 3.63) is 29.8 Å². The van der Waals surface area contributed by atoms with E-state index in [0.717, 1.165) is 12.8 Å². The topological polar surface area (TPSA) is 89.7 Å². The molecule has 1 aliphatic heterocycles. The molecule has 0 aliphatic carbocycles. The molecule has 1 fully saturated rings. The van der Waals surface area contributed by atoms with Crippen LogP contribution < -0.4 is 5.14 Å². The van der Waals surface area contributed by atoms with Crippen LogP contribution in [0.3, 0.4) is 0 Å². The van der Waals surface area contributed by atoms with E-state index in [2.05, 4.69) is 0 Å². The van der Waals surface area contributed by atoms with Crippen LogP contribution in [0, 0.1) is 0 Å². The Morgan fingerprint density at radius 1 is 1.40 bits per heavy atom. The SMILES string of the molecule is COC1CCCN(C(=O)c2ccccc2S(N)(=O)=O)C1. The van der Waals surface area contributed by atoms with Crippen LogP contribution in [0.5, 0.6) is 0 Å². The maximum Gasteiger partial charge on any atom is 0.255 e. The summed E-state index contributed by atoms with van der Waals surface area (Å²) in [4.78, 5) is 14.0. The van der Waals surface area contributed by atoms with Crippen LogP contribution in [0.4, 0.5) is 0 Å². The Balaban J connectivity index is 2.30. The number of likely N-dealkylation sites (tertiary alicyclic amines) is 1. The van der Waals surface area contributed by atoms with Gasteiger partial charge in [0.15, 0.2) is 0 Å². The van der Waals surface area contributed by atoms with Crippen LogP contribution in [0.15, 0.2) is 29.2 Å². The molecule has 1 amide bonds. The molecule has 1 aromatic rings. The average Bonchev–Trinajstić information content (AvgIpc) is 2.45. The zero-order valence-corrected chi connectivity index (χ0v) is 12.1. The lowest BCUT2D eigenvalue weighted by molar-refractivity contribution is 0.0267. The number of methoxy groups -OCH3 is 1. The predicted molar refractivity (Wildman–Crippen MR) is 73.7 cm³/mol. The quantitative estimate of drug-likeness (QED) is 0.884. The fraction of sp³-hybridized carbons (Fsp3) is 0.462. The van der Waals surface area contributed by atoms with E-state index in [9.17, 15) is 13.2 Å². The summed E-state index contributed by atoms with van der Waals surface area (Å²) in [6, 6.07) is 6.00. The van der Waals surface area contributed by atoms with Crippen molar-refractivity contribution in [2.45, 2.75) is 23.8 Å². The summed E-state index contributed by atoms with van der Waals surface area (Å²) in [5.41, 5.74) is 0.117. The number of hydrogen-bond donors (Lipinski definition) is 1. The molecule has 20 heavy (non-hydrogen) atoms. The Bertz CT molecular complexity index is 600. The number of hydrogen-bond acceptors (Lipinski definition) is 4. The van der Waals surface area contributed by atoms with Crippen LogP contribution in [-0.2, 0) is 14.8 Å². The van der Waals surface area contributed by atoms with Gasteiger partial charge in [-0.3, -0.25) is 4.79 Å². The third-order valence-electron chi connectivity index (χ3n) is 3.42. The minimum Gasteiger partial charge on any atom is -0.380 e. The molecule has 1 aliphatic rings. The van der Waals surface area contributed by atoms with Crippen LogP contribution in [0.1, 0.15) is 23.2 Å². The Kier molecular flexibility index (Phi) is 4.42. The molecule has 1 saturated heterocycles. The van der Waals surface area contributed by atoms with Crippen LogP contribution in [0.25, 0.3) is 0 Å². The molecule has 0 spiro atoms. The first-order valence-electron chi connectivity index (χ1n) is 6.37. The van der Waals surface area contributed by atoms with Crippen molar-refractivity contribution in [2.75, 3.05) is 20.2 Å². The molecule has 6 nitrogen and oxygen atoms in total. The number of carbonyl (C=O) groups is 1. The first-order chi connectivity index (χ1) is 9.43. The lowest BCUT2D eigenvalue weighted by Gasteiger charge is -2.32. The fourth-order valence-electron chi connectivity index (χ4n) is 2.38. The molecule has 1 unspecified atom stereocenters.